The van der Waals surface area contributed by atoms with Gasteiger partial charge in [-0.3, -0.25) is 0 Å². The van der Waals surface area contributed by atoms with E-state index in [0.717, 1.165) is 0 Å². The number of benzene rings is 2. The summed E-state index contributed by atoms with van der Waals surface area (Å²) in [7, 11) is 0. The summed E-state index contributed by atoms with van der Waals surface area (Å²) in [5, 5.41) is 0. The highest BCUT2D eigenvalue weighted by Crippen LogP contribution is 2.34. The first-order valence-electron chi connectivity index (χ1n) is 7.09. The molecule has 0 nitrogen and oxygen atoms in total. The van der Waals surface area contributed by atoms with Crippen LogP contribution < -0.4 is 0 Å². The third-order valence-corrected chi connectivity index (χ3v) is 3.96. The maximum atomic E-state index is 2.33. The molecular formula is C19H24. The van der Waals surface area contributed by atoms with Gasteiger partial charge in [0.15, 0.2) is 0 Å². The molecule has 0 bridgehead atoms. The standard InChI is InChI=1S/C19H24/c1-12(2)17-10-13(3)11-18(16(17)6)19-14(4)8-7-9-15(19)5/h7-12H,1-6H3. The molecule has 0 N–H and O–H groups in total. The van der Waals surface area contributed by atoms with Gasteiger partial charge >= 0.3 is 0 Å². The average Bonchev–Trinajstić information content (AvgIpc) is 2.32. The molecule has 0 fully saturated rings. The maximum absolute atomic E-state index is 2.33. The van der Waals surface area contributed by atoms with Crippen LogP contribution in [0.1, 0.15) is 47.6 Å². The molecule has 0 aliphatic rings. The lowest BCUT2D eigenvalue weighted by molar-refractivity contribution is 0.855. The molecule has 0 aliphatic heterocycles. The van der Waals surface area contributed by atoms with Crippen molar-refractivity contribution in [1.82, 2.24) is 0 Å². The molecule has 0 aliphatic carbocycles. The van der Waals surface area contributed by atoms with Crippen molar-refractivity contribution >= 4 is 0 Å². The van der Waals surface area contributed by atoms with Gasteiger partial charge in [0.25, 0.3) is 0 Å². The van der Waals surface area contributed by atoms with E-state index in [1.807, 2.05) is 0 Å². The van der Waals surface area contributed by atoms with Crippen LogP contribution >= 0.6 is 0 Å². The summed E-state index contributed by atoms with van der Waals surface area (Å²) in [5.74, 6) is 0.572. The van der Waals surface area contributed by atoms with Crippen molar-refractivity contribution in [2.24, 2.45) is 0 Å². The lowest BCUT2D eigenvalue weighted by Gasteiger charge is -2.19. The van der Waals surface area contributed by atoms with Crippen molar-refractivity contribution in [1.29, 1.82) is 0 Å². The molecule has 0 heteroatoms. The minimum Gasteiger partial charge on any atom is -0.0617 e. The fourth-order valence-electron chi connectivity index (χ4n) is 2.99. The zero-order valence-corrected chi connectivity index (χ0v) is 13.0. The van der Waals surface area contributed by atoms with Gasteiger partial charge in [0.2, 0.25) is 0 Å². The topological polar surface area (TPSA) is 0 Å². The van der Waals surface area contributed by atoms with Gasteiger partial charge in [-0.15, -0.1) is 0 Å². The quantitative estimate of drug-likeness (QED) is 0.642. The van der Waals surface area contributed by atoms with Crippen LogP contribution in [0.3, 0.4) is 0 Å². The molecule has 0 heterocycles. The molecule has 0 saturated carbocycles. The lowest BCUT2D eigenvalue weighted by Crippen LogP contribution is -1.98. The third-order valence-electron chi connectivity index (χ3n) is 3.96. The first-order valence-corrected chi connectivity index (χ1v) is 7.09. The predicted molar refractivity (Wildman–Crippen MR) is 84.9 cm³/mol. The van der Waals surface area contributed by atoms with Crippen molar-refractivity contribution in [3.8, 4) is 11.1 Å². The van der Waals surface area contributed by atoms with E-state index < -0.39 is 0 Å². The molecule has 0 amide bonds. The van der Waals surface area contributed by atoms with Gasteiger partial charge in [0.05, 0.1) is 0 Å². The van der Waals surface area contributed by atoms with E-state index in [4.69, 9.17) is 0 Å². The second kappa shape index (κ2) is 5.21. The van der Waals surface area contributed by atoms with Gasteiger partial charge in [-0.25, -0.2) is 0 Å². The van der Waals surface area contributed by atoms with E-state index in [9.17, 15) is 0 Å². The van der Waals surface area contributed by atoms with Crippen molar-refractivity contribution in [2.75, 3.05) is 0 Å². The molecule has 2 rings (SSSR count). The highest BCUT2D eigenvalue weighted by atomic mass is 14.2. The molecule has 0 radical (unpaired) electrons. The Labute approximate surface area is 117 Å². The van der Waals surface area contributed by atoms with Gasteiger partial charge < -0.3 is 0 Å². The van der Waals surface area contributed by atoms with Crippen LogP contribution in [-0.4, -0.2) is 0 Å². The lowest BCUT2D eigenvalue weighted by atomic mass is 9.86. The smallest absolute Gasteiger partial charge is 0.0123 e. The van der Waals surface area contributed by atoms with Crippen LogP contribution in [0.15, 0.2) is 30.3 Å². The Balaban J connectivity index is 2.76. The molecule has 19 heavy (non-hydrogen) atoms. The summed E-state index contributed by atoms with van der Waals surface area (Å²) in [4.78, 5) is 0. The highest BCUT2D eigenvalue weighted by Gasteiger charge is 2.13. The maximum Gasteiger partial charge on any atom is -0.0123 e. The van der Waals surface area contributed by atoms with Crippen LogP contribution in [0.2, 0.25) is 0 Å². The van der Waals surface area contributed by atoms with Crippen LogP contribution in [0, 0.1) is 27.7 Å². The van der Waals surface area contributed by atoms with E-state index in [1.165, 1.54) is 38.9 Å². The van der Waals surface area contributed by atoms with Crippen molar-refractivity contribution in [2.45, 2.75) is 47.5 Å². The molecule has 2 aromatic carbocycles. The Morgan fingerprint density at radius 1 is 0.842 bits per heavy atom. The van der Waals surface area contributed by atoms with Gasteiger partial charge in [0.1, 0.15) is 0 Å². The van der Waals surface area contributed by atoms with Crippen molar-refractivity contribution < 1.29 is 0 Å². The van der Waals surface area contributed by atoms with Crippen molar-refractivity contribution in [3.05, 3.63) is 58.1 Å². The Bertz CT molecular complexity index is 583. The normalized spacial score (nSPS) is 11.1. The third kappa shape index (κ3) is 2.58. The van der Waals surface area contributed by atoms with Crippen molar-refractivity contribution in [3.63, 3.8) is 0 Å². The Morgan fingerprint density at radius 3 is 1.95 bits per heavy atom. The number of hydrogen-bond acceptors (Lipinski definition) is 0. The van der Waals surface area contributed by atoms with E-state index in [-0.39, 0.29) is 0 Å². The average molecular weight is 252 g/mol. The van der Waals surface area contributed by atoms with E-state index in [2.05, 4.69) is 71.9 Å². The molecule has 2 aromatic rings. The predicted octanol–water partition coefficient (Wildman–Crippen LogP) is 5.71. The summed E-state index contributed by atoms with van der Waals surface area (Å²) >= 11 is 0. The summed E-state index contributed by atoms with van der Waals surface area (Å²) in [6.45, 7) is 13.4. The SMILES string of the molecule is Cc1cc(-c2c(C)cccc2C)c(C)c(C(C)C)c1. The molecule has 0 aromatic heterocycles. The molecular weight excluding hydrogens is 228 g/mol. The zero-order valence-electron chi connectivity index (χ0n) is 13.0. The van der Waals surface area contributed by atoms with Gasteiger partial charge in [-0.1, -0.05) is 49.7 Å². The molecule has 0 unspecified atom stereocenters. The first-order chi connectivity index (χ1) is 8.91. The zero-order chi connectivity index (χ0) is 14.2. The summed E-state index contributed by atoms with van der Waals surface area (Å²) in [6, 6.07) is 11.2. The first kappa shape index (κ1) is 13.9. The molecule has 100 valence electrons. The molecule has 0 spiro atoms. The van der Waals surface area contributed by atoms with Crippen LogP contribution in [0.5, 0.6) is 0 Å². The molecule has 0 atom stereocenters. The van der Waals surface area contributed by atoms with Crippen LogP contribution in [-0.2, 0) is 0 Å². The van der Waals surface area contributed by atoms with E-state index in [0.29, 0.717) is 5.92 Å². The second-order valence-electron chi connectivity index (χ2n) is 5.95. The number of rotatable bonds is 2. The monoisotopic (exact) mass is 252 g/mol. The van der Waals surface area contributed by atoms with Gasteiger partial charge in [-0.2, -0.15) is 0 Å². The van der Waals surface area contributed by atoms with Gasteiger partial charge in [-0.05, 0) is 67.0 Å². The van der Waals surface area contributed by atoms with Gasteiger partial charge in [0, 0.05) is 0 Å². The summed E-state index contributed by atoms with van der Waals surface area (Å²) < 4.78 is 0. The number of aryl methyl sites for hydroxylation is 3. The largest absolute Gasteiger partial charge is 0.0617 e. The van der Waals surface area contributed by atoms with E-state index >= 15 is 0 Å². The number of hydrogen-bond donors (Lipinski definition) is 0. The Morgan fingerprint density at radius 2 is 1.42 bits per heavy atom. The minimum absolute atomic E-state index is 0.572. The Kier molecular flexibility index (Phi) is 3.80. The van der Waals surface area contributed by atoms with E-state index in [1.54, 1.807) is 0 Å². The Hall–Kier alpha value is -1.56. The second-order valence-corrected chi connectivity index (χ2v) is 5.95. The van der Waals surface area contributed by atoms with Crippen LogP contribution in [0.4, 0.5) is 0 Å². The van der Waals surface area contributed by atoms with Crippen LogP contribution in [0.25, 0.3) is 11.1 Å². The fourth-order valence-corrected chi connectivity index (χ4v) is 2.99. The minimum atomic E-state index is 0.572. The summed E-state index contributed by atoms with van der Waals surface area (Å²) in [6.07, 6.45) is 0. The fraction of sp³-hybridized carbons (Fsp3) is 0.368. The highest BCUT2D eigenvalue weighted by molar-refractivity contribution is 5.75. The molecule has 0 saturated heterocycles. The summed E-state index contributed by atoms with van der Waals surface area (Å²) in [5.41, 5.74) is 9.79.